The van der Waals surface area contributed by atoms with E-state index in [9.17, 15) is 9.13 Å². The molecule has 4 rings (SSSR count). The van der Waals surface area contributed by atoms with E-state index in [0.29, 0.717) is 55.9 Å². The number of ether oxygens (including phenoxy) is 2. The molecule has 0 aliphatic heterocycles. The fourth-order valence-corrected chi connectivity index (χ4v) is 8.56. The molecular weight excluding hydrogens is 586 g/mol. The van der Waals surface area contributed by atoms with Crippen LogP contribution in [0, 0.1) is 13.8 Å². The Morgan fingerprint density at radius 3 is 1.14 bits per heavy atom. The highest BCUT2D eigenvalue weighted by atomic mass is 31.2. The zero-order chi connectivity index (χ0) is 31.4. The van der Waals surface area contributed by atoms with Gasteiger partial charge in [-0.15, -0.1) is 0 Å². The first-order chi connectivity index (χ1) is 20.5. The van der Waals surface area contributed by atoms with Crippen molar-refractivity contribution in [1.29, 1.82) is 0 Å². The van der Waals surface area contributed by atoms with Crippen LogP contribution in [0.1, 0.15) is 36.1 Å². The van der Waals surface area contributed by atoms with E-state index in [-0.39, 0.29) is 0 Å². The first-order valence-electron chi connectivity index (χ1n) is 13.6. The lowest BCUT2D eigenvalue weighted by molar-refractivity contribution is 0.286. The minimum absolute atomic E-state index is 0.355. The molecule has 0 N–H and O–H groups in total. The molecule has 8 nitrogen and oxygen atoms in total. The fraction of sp³-hybridized carbons (Fsp3) is 0.273. The summed E-state index contributed by atoms with van der Waals surface area (Å²) in [5.41, 5.74) is 1.52. The summed E-state index contributed by atoms with van der Waals surface area (Å²) in [6, 6.07) is 26.0. The number of benzene rings is 4. The molecular formula is C33H38O8P2. The smallest absolute Gasteiger partial charge is 0.361 e. The molecule has 0 saturated carbocycles. The van der Waals surface area contributed by atoms with Gasteiger partial charge in [-0.05, 0) is 61.4 Å². The molecule has 4 aromatic rings. The standard InChI is InChI=1S/C33H38O8P2/c1-23-29(40-25-15-11-9-12-16-25)21-19-27(31(23)42(34,36-5)37-6)33(3,4)28-20-22-30(41-26-17-13-10-14-18-26)24(2)32(28)43(35,38-7)39-8/h9-22H,1-8H3. The van der Waals surface area contributed by atoms with E-state index in [0.717, 1.165) is 0 Å². The average Bonchev–Trinajstić information content (AvgIpc) is 3.02. The Kier molecular flexibility index (Phi) is 10.0. The Morgan fingerprint density at radius 1 is 0.512 bits per heavy atom. The van der Waals surface area contributed by atoms with Crippen molar-refractivity contribution in [2.24, 2.45) is 0 Å². The lowest BCUT2D eigenvalue weighted by atomic mass is 9.77. The minimum atomic E-state index is -3.83. The predicted molar refractivity (Wildman–Crippen MR) is 170 cm³/mol. The summed E-state index contributed by atoms with van der Waals surface area (Å²) in [4.78, 5) is 0. The fourth-order valence-electron chi connectivity index (χ4n) is 5.19. The molecule has 10 heteroatoms. The summed E-state index contributed by atoms with van der Waals surface area (Å²) in [6.07, 6.45) is 0. The van der Waals surface area contributed by atoms with E-state index in [1.165, 1.54) is 28.4 Å². The number of rotatable bonds is 12. The van der Waals surface area contributed by atoms with Gasteiger partial charge < -0.3 is 27.6 Å². The third kappa shape index (κ3) is 6.37. The van der Waals surface area contributed by atoms with Crippen molar-refractivity contribution in [1.82, 2.24) is 0 Å². The Bertz CT molecular complexity index is 1530. The van der Waals surface area contributed by atoms with Crippen LogP contribution in [0.25, 0.3) is 0 Å². The van der Waals surface area contributed by atoms with Crippen molar-refractivity contribution in [3.63, 3.8) is 0 Å². The number of hydrogen-bond acceptors (Lipinski definition) is 8. The van der Waals surface area contributed by atoms with Crippen molar-refractivity contribution in [3.05, 3.63) is 107 Å². The van der Waals surface area contributed by atoms with Gasteiger partial charge in [-0.3, -0.25) is 9.13 Å². The first-order valence-corrected chi connectivity index (χ1v) is 16.7. The molecule has 0 radical (unpaired) electrons. The normalized spacial score (nSPS) is 12.3. The van der Waals surface area contributed by atoms with Crippen LogP contribution in [-0.4, -0.2) is 28.4 Å². The van der Waals surface area contributed by atoms with E-state index in [2.05, 4.69) is 0 Å². The summed E-state index contributed by atoms with van der Waals surface area (Å²) >= 11 is 0. The lowest BCUT2D eigenvalue weighted by Crippen LogP contribution is -2.34. The average molecular weight is 625 g/mol. The highest BCUT2D eigenvalue weighted by Gasteiger charge is 2.42. The molecule has 0 aromatic heterocycles. The quantitative estimate of drug-likeness (QED) is 0.145. The molecule has 0 heterocycles. The second-order valence-corrected chi connectivity index (χ2v) is 14.7. The Hall–Kier alpha value is -3.22. The third-order valence-corrected chi connectivity index (χ3v) is 11.7. The third-order valence-electron chi connectivity index (χ3n) is 7.56. The summed E-state index contributed by atoms with van der Waals surface area (Å²) in [7, 11) is -2.27. The largest absolute Gasteiger partial charge is 0.457 e. The Balaban J connectivity index is 1.98. The van der Waals surface area contributed by atoms with Crippen molar-refractivity contribution >= 4 is 25.8 Å². The van der Waals surface area contributed by atoms with Gasteiger partial charge in [0, 0.05) is 45.0 Å². The topological polar surface area (TPSA) is 89.5 Å². The van der Waals surface area contributed by atoms with Gasteiger partial charge in [-0.25, -0.2) is 0 Å². The molecule has 0 bridgehead atoms. The van der Waals surface area contributed by atoms with Gasteiger partial charge in [0.15, 0.2) is 0 Å². The predicted octanol–water partition coefficient (Wildman–Crippen LogP) is 8.44. The molecule has 0 unspecified atom stereocenters. The van der Waals surface area contributed by atoms with Crippen LogP contribution in [0.5, 0.6) is 23.0 Å². The van der Waals surface area contributed by atoms with Crippen LogP contribution in [0.15, 0.2) is 84.9 Å². The van der Waals surface area contributed by atoms with Crippen LogP contribution in [0.3, 0.4) is 0 Å². The van der Waals surface area contributed by atoms with E-state index in [1.807, 2.05) is 113 Å². The number of hydrogen-bond donors (Lipinski definition) is 0. The van der Waals surface area contributed by atoms with Gasteiger partial charge in [0.25, 0.3) is 0 Å². The summed E-state index contributed by atoms with van der Waals surface area (Å²) in [5, 5.41) is 0.711. The SMILES string of the molecule is COP(=O)(OC)c1c(C(C)(C)c2ccc(Oc3ccccc3)c(C)c2P(=O)(OC)OC)ccc(Oc2ccccc2)c1C. The zero-order valence-electron chi connectivity index (χ0n) is 25.7. The molecule has 0 saturated heterocycles. The van der Waals surface area contributed by atoms with Crippen LogP contribution >= 0.6 is 15.2 Å². The highest BCUT2D eigenvalue weighted by molar-refractivity contribution is 7.62. The van der Waals surface area contributed by atoms with Gasteiger partial charge in [0.1, 0.15) is 23.0 Å². The molecule has 0 aliphatic rings. The maximum absolute atomic E-state index is 14.2. The van der Waals surface area contributed by atoms with Crippen LogP contribution in [0.2, 0.25) is 0 Å². The first kappa shape index (κ1) is 32.7. The van der Waals surface area contributed by atoms with Crippen LogP contribution in [-0.2, 0) is 32.6 Å². The maximum atomic E-state index is 14.2. The summed E-state index contributed by atoms with van der Waals surface area (Å²) in [5.74, 6) is 2.25. The Labute approximate surface area is 253 Å². The molecule has 4 aromatic carbocycles. The number of para-hydroxylation sites is 2. The molecule has 0 fully saturated rings. The monoisotopic (exact) mass is 624 g/mol. The van der Waals surface area contributed by atoms with Crippen molar-refractivity contribution in [2.45, 2.75) is 33.1 Å². The molecule has 0 aliphatic carbocycles. The van der Waals surface area contributed by atoms with Gasteiger partial charge in [0.2, 0.25) is 0 Å². The second-order valence-electron chi connectivity index (χ2n) is 10.4. The zero-order valence-corrected chi connectivity index (χ0v) is 27.5. The minimum Gasteiger partial charge on any atom is -0.457 e. The van der Waals surface area contributed by atoms with Crippen molar-refractivity contribution in [3.8, 4) is 23.0 Å². The highest BCUT2D eigenvalue weighted by Crippen LogP contribution is 2.54. The molecule has 0 spiro atoms. The van der Waals surface area contributed by atoms with Gasteiger partial charge in [-0.1, -0.05) is 62.4 Å². The van der Waals surface area contributed by atoms with Gasteiger partial charge in [-0.2, -0.15) is 0 Å². The van der Waals surface area contributed by atoms with Crippen molar-refractivity contribution in [2.75, 3.05) is 28.4 Å². The van der Waals surface area contributed by atoms with Crippen LogP contribution in [0.4, 0.5) is 0 Å². The van der Waals surface area contributed by atoms with Crippen LogP contribution < -0.4 is 20.1 Å². The van der Waals surface area contributed by atoms with E-state index < -0.39 is 20.6 Å². The van der Waals surface area contributed by atoms with Gasteiger partial charge in [0.05, 0.1) is 10.6 Å². The second kappa shape index (κ2) is 13.2. The summed E-state index contributed by atoms with van der Waals surface area (Å²) in [6.45, 7) is 7.53. The molecule has 43 heavy (non-hydrogen) atoms. The van der Waals surface area contributed by atoms with E-state index >= 15 is 0 Å². The molecule has 0 atom stereocenters. The van der Waals surface area contributed by atoms with E-state index in [1.54, 1.807) is 0 Å². The molecule has 228 valence electrons. The van der Waals surface area contributed by atoms with E-state index in [4.69, 9.17) is 27.6 Å². The summed E-state index contributed by atoms with van der Waals surface area (Å²) < 4.78 is 62.8. The van der Waals surface area contributed by atoms with Gasteiger partial charge >= 0.3 is 15.2 Å². The van der Waals surface area contributed by atoms with Crippen molar-refractivity contribution < 1.29 is 36.7 Å². The Morgan fingerprint density at radius 2 is 0.837 bits per heavy atom. The molecule has 0 amide bonds. The lowest BCUT2D eigenvalue weighted by Gasteiger charge is -2.34. The maximum Gasteiger partial charge on any atom is 0.361 e.